The molecule has 4 fully saturated rings. The molecular weight excluding hydrogens is 693 g/mol. The number of benzene rings is 5. The van der Waals surface area contributed by atoms with Gasteiger partial charge < -0.3 is 4.74 Å². The standard InChI is InChI=1S/C55H46O2/c1-2-3-20-57-30(56)10-7-19-51(21-8-5-4-6-9-21)54-49-28-17-15-26-24-13-11-22-23-12-14-25-27-16-18-29-38-36(27)41-34(25)32(23)39-31(22)33(24)40-35(26)37(28)47-45-43(40)42(39)44(41)46(45)48(38)53(52(47,49)54)50(29)55(51,53)54/h4-6,8-9,22-29,49-50H,2-3,7,10-20H2,1H3. The number of rotatable bonds is 8. The molecule has 0 aliphatic heterocycles. The quantitative estimate of drug-likeness (QED) is 0.0883. The second-order valence-corrected chi connectivity index (χ2v) is 23.1. The lowest BCUT2D eigenvalue weighted by molar-refractivity contribution is -0.143. The minimum Gasteiger partial charge on any atom is -0.466 e. The Hall–Kier alpha value is -3.65. The third-order valence-electron chi connectivity index (χ3n) is 23.4. The number of unbranched alkanes of at least 4 members (excludes halogenated alkanes) is 1. The molecular formula is C55H46O2. The first-order valence-corrected chi connectivity index (χ1v) is 24.2. The van der Waals surface area contributed by atoms with Crippen LogP contribution in [0.5, 0.6) is 0 Å². The van der Waals surface area contributed by atoms with Gasteiger partial charge in [0.1, 0.15) is 0 Å². The first-order chi connectivity index (χ1) is 28.2. The van der Waals surface area contributed by atoms with Crippen LogP contribution in [-0.4, -0.2) is 12.6 Å². The van der Waals surface area contributed by atoms with Gasteiger partial charge in [-0.3, -0.25) is 4.79 Å². The summed E-state index contributed by atoms with van der Waals surface area (Å²) >= 11 is 0. The highest BCUT2D eigenvalue weighted by Crippen LogP contribution is 3.29. The molecule has 0 heterocycles. The van der Waals surface area contributed by atoms with E-state index in [1.54, 1.807) is 5.56 Å². The fourth-order valence-electron chi connectivity index (χ4n) is 24.0. The largest absolute Gasteiger partial charge is 0.466 e. The molecule has 0 amide bonds. The van der Waals surface area contributed by atoms with Crippen LogP contribution in [0.15, 0.2) is 30.3 Å². The van der Waals surface area contributed by atoms with E-state index in [0.29, 0.717) is 34.7 Å². The maximum Gasteiger partial charge on any atom is 0.305 e. The third kappa shape index (κ3) is 1.87. The molecule has 0 bridgehead atoms. The van der Waals surface area contributed by atoms with Crippen LogP contribution in [0.25, 0.3) is 43.4 Å². The van der Waals surface area contributed by atoms with E-state index in [9.17, 15) is 4.79 Å². The average Bonchev–Trinajstić information content (AvgIpc) is 3.62. The highest BCUT2D eigenvalue weighted by atomic mass is 16.5. The number of carbonyl (C=O) groups excluding carboxylic acids is 1. The van der Waals surface area contributed by atoms with Gasteiger partial charge >= 0.3 is 5.97 Å². The van der Waals surface area contributed by atoms with Gasteiger partial charge in [0.05, 0.1) is 6.61 Å². The van der Waals surface area contributed by atoms with Crippen molar-refractivity contribution in [2.24, 2.45) is 22.7 Å². The number of hydrogen-bond donors (Lipinski definition) is 0. The van der Waals surface area contributed by atoms with Crippen LogP contribution >= 0.6 is 0 Å². The van der Waals surface area contributed by atoms with E-state index in [1.165, 1.54) is 57.8 Å². The summed E-state index contributed by atoms with van der Waals surface area (Å²) in [4.78, 5) is 13.3. The summed E-state index contributed by atoms with van der Waals surface area (Å²) in [5, 5.41) is 11.2. The fourth-order valence-corrected chi connectivity index (χ4v) is 24.0. The van der Waals surface area contributed by atoms with Gasteiger partial charge in [0, 0.05) is 33.5 Å². The van der Waals surface area contributed by atoms with Crippen molar-refractivity contribution in [2.45, 2.75) is 154 Å². The topological polar surface area (TPSA) is 26.3 Å². The summed E-state index contributed by atoms with van der Waals surface area (Å²) < 4.78 is 5.84. The maximum atomic E-state index is 13.3. The van der Waals surface area contributed by atoms with Gasteiger partial charge in [-0.2, -0.15) is 0 Å². The molecule has 15 aliphatic rings. The Morgan fingerprint density at radius 2 is 1.02 bits per heavy atom. The number of hydrogen-bond acceptors (Lipinski definition) is 2. The molecule has 278 valence electrons. The van der Waals surface area contributed by atoms with Crippen LogP contribution in [0.3, 0.4) is 0 Å². The zero-order valence-corrected chi connectivity index (χ0v) is 32.9. The third-order valence-corrected chi connectivity index (χ3v) is 23.4. The predicted molar refractivity (Wildman–Crippen MR) is 220 cm³/mol. The number of carbonyl (C=O) groups is 1. The van der Waals surface area contributed by atoms with Gasteiger partial charge in [0.2, 0.25) is 0 Å². The van der Waals surface area contributed by atoms with Gasteiger partial charge in [-0.1, -0.05) is 43.7 Å². The van der Waals surface area contributed by atoms with Crippen molar-refractivity contribution in [1.29, 1.82) is 0 Å². The second-order valence-electron chi connectivity index (χ2n) is 23.1. The molecule has 4 spiro atoms. The summed E-state index contributed by atoms with van der Waals surface area (Å²) in [6.45, 7) is 2.78. The maximum absolute atomic E-state index is 13.3. The first-order valence-electron chi connectivity index (χ1n) is 24.2. The summed E-state index contributed by atoms with van der Waals surface area (Å²) in [7, 11) is 0. The molecule has 14 unspecified atom stereocenters. The van der Waals surface area contributed by atoms with E-state index in [2.05, 4.69) is 37.3 Å². The Morgan fingerprint density at radius 1 is 0.561 bits per heavy atom. The van der Waals surface area contributed by atoms with E-state index < -0.39 is 0 Å². The van der Waals surface area contributed by atoms with Crippen LogP contribution < -0.4 is 0 Å². The molecule has 0 aromatic heterocycles. The van der Waals surface area contributed by atoms with Crippen LogP contribution in [0.4, 0.5) is 0 Å². The average molecular weight is 739 g/mol. The Bertz CT molecular complexity index is 2980. The summed E-state index contributed by atoms with van der Waals surface area (Å²) in [5.74, 6) is 7.93. The minimum atomic E-state index is 0.0493. The molecule has 2 nitrogen and oxygen atoms in total. The SMILES string of the molecule is CCCCOC(=O)CCCC1(c2ccccc2)C23C4C5CCC6c7c5c5c8c9c7c7c%10c%11c%12c%13c%14c%15c%16c(c-8c%14c%119)C8(C(C%16CCC%15C%13CCC%12C%10CCC76)C182)C543. The Labute approximate surface area is 332 Å². The lowest BCUT2D eigenvalue weighted by atomic mass is 9.56. The lowest BCUT2D eigenvalue weighted by Crippen LogP contribution is -2.42. The molecule has 15 aliphatic carbocycles. The van der Waals surface area contributed by atoms with Crippen LogP contribution in [0.2, 0.25) is 0 Å². The van der Waals surface area contributed by atoms with Crippen molar-refractivity contribution in [3.63, 3.8) is 0 Å². The van der Waals surface area contributed by atoms with Gasteiger partial charge in [0.25, 0.3) is 0 Å². The van der Waals surface area contributed by atoms with E-state index in [4.69, 9.17) is 4.74 Å². The van der Waals surface area contributed by atoms with Crippen molar-refractivity contribution in [3.05, 3.63) is 91.5 Å². The molecule has 0 radical (unpaired) electrons. The molecule has 0 saturated heterocycles. The summed E-state index contributed by atoms with van der Waals surface area (Å²) in [6, 6.07) is 12.2. The monoisotopic (exact) mass is 738 g/mol. The van der Waals surface area contributed by atoms with E-state index in [0.717, 1.165) is 78.4 Å². The van der Waals surface area contributed by atoms with Crippen molar-refractivity contribution in [3.8, 4) is 11.1 Å². The van der Waals surface area contributed by atoms with Crippen molar-refractivity contribution < 1.29 is 9.53 Å². The Balaban J connectivity index is 0.956. The zero-order chi connectivity index (χ0) is 36.0. The van der Waals surface area contributed by atoms with Gasteiger partial charge in [-0.15, -0.1) is 0 Å². The lowest BCUT2D eigenvalue weighted by Gasteiger charge is -2.45. The highest BCUT2D eigenvalue weighted by molar-refractivity contribution is 6.40. The van der Waals surface area contributed by atoms with E-state index >= 15 is 0 Å². The number of esters is 1. The van der Waals surface area contributed by atoms with Crippen LogP contribution in [0, 0.1) is 22.7 Å². The first kappa shape index (κ1) is 27.9. The number of ether oxygens (including phenoxy) is 1. The molecule has 57 heavy (non-hydrogen) atoms. The Morgan fingerprint density at radius 3 is 1.51 bits per heavy atom. The normalized spacial score (nSPS) is 47.7. The second kappa shape index (κ2) is 7.42. The van der Waals surface area contributed by atoms with Gasteiger partial charge in [-0.25, -0.2) is 0 Å². The molecule has 0 N–H and O–H groups in total. The molecule has 14 atom stereocenters. The highest BCUT2D eigenvalue weighted by Gasteiger charge is 3.31. The molecule has 2 heteroatoms. The smallest absolute Gasteiger partial charge is 0.305 e. The zero-order valence-electron chi connectivity index (χ0n) is 32.9. The van der Waals surface area contributed by atoms with Crippen LogP contribution in [-0.2, 0) is 25.8 Å². The summed E-state index contributed by atoms with van der Waals surface area (Å²) in [5.41, 5.74) is 26.8. The van der Waals surface area contributed by atoms with Gasteiger partial charge in [0.15, 0.2) is 0 Å². The molecule has 5 aromatic rings. The predicted octanol–water partition coefficient (Wildman–Crippen LogP) is 12.2. The van der Waals surface area contributed by atoms with Crippen LogP contribution in [0.1, 0.15) is 199 Å². The summed E-state index contributed by atoms with van der Waals surface area (Å²) in [6.07, 6.45) is 16.4. The molecule has 4 saturated carbocycles. The van der Waals surface area contributed by atoms with E-state index in [1.807, 2.05) is 99.1 Å². The van der Waals surface area contributed by atoms with Crippen molar-refractivity contribution in [1.82, 2.24) is 0 Å². The number of fused-ring (bicyclic) bond motifs is 5. The van der Waals surface area contributed by atoms with E-state index in [-0.39, 0.29) is 11.4 Å². The molecule has 5 aromatic carbocycles. The fraction of sp³-hybridized carbons (Fsp3) is 0.545. The minimum absolute atomic E-state index is 0.0493. The van der Waals surface area contributed by atoms with Crippen molar-refractivity contribution >= 4 is 38.3 Å². The molecule has 20 rings (SSSR count). The Kier molecular flexibility index (Phi) is 3.64. The van der Waals surface area contributed by atoms with Gasteiger partial charge in [-0.05, 0) is 234 Å². The van der Waals surface area contributed by atoms with Crippen molar-refractivity contribution in [2.75, 3.05) is 6.61 Å².